The first-order valence-electron chi connectivity index (χ1n) is 7.08. The highest BCUT2D eigenvalue weighted by Gasteiger charge is 2.35. The van der Waals surface area contributed by atoms with Gasteiger partial charge >= 0.3 is 0 Å². The second kappa shape index (κ2) is 4.87. The maximum Gasteiger partial charge on any atom is 0.0223 e. The van der Waals surface area contributed by atoms with Gasteiger partial charge in [0.1, 0.15) is 0 Å². The van der Waals surface area contributed by atoms with Crippen LogP contribution < -0.4 is 5.73 Å². The highest BCUT2D eigenvalue weighted by atomic mass is 15.3. The van der Waals surface area contributed by atoms with E-state index in [-0.39, 0.29) is 11.5 Å². The van der Waals surface area contributed by atoms with Crippen molar-refractivity contribution in [3.05, 3.63) is 0 Å². The molecule has 0 aromatic heterocycles. The number of hydrogen-bond acceptors (Lipinski definition) is 3. The summed E-state index contributed by atoms with van der Waals surface area (Å²) in [6.45, 7) is 10.2. The molecular formula is C14H29N3. The minimum absolute atomic E-state index is 0.219. The molecule has 0 aromatic carbocycles. The fourth-order valence-electron chi connectivity index (χ4n) is 3.10. The van der Waals surface area contributed by atoms with E-state index in [1.807, 2.05) is 0 Å². The molecule has 0 aromatic rings. The van der Waals surface area contributed by atoms with E-state index >= 15 is 0 Å². The van der Waals surface area contributed by atoms with Crippen LogP contribution in [0.3, 0.4) is 0 Å². The molecule has 0 saturated carbocycles. The van der Waals surface area contributed by atoms with Crippen LogP contribution in [0.2, 0.25) is 0 Å². The van der Waals surface area contributed by atoms with Gasteiger partial charge in [-0.05, 0) is 38.3 Å². The Morgan fingerprint density at radius 3 is 2.47 bits per heavy atom. The summed E-state index contributed by atoms with van der Waals surface area (Å²) < 4.78 is 0. The third-order valence-corrected chi connectivity index (χ3v) is 4.80. The smallest absolute Gasteiger partial charge is 0.0223 e. The van der Waals surface area contributed by atoms with Crippen molar-refractivity contribution in [2.45, 2.75) is 58.2 Å². The Morgan fingerprint density at radius 2 is 1.82 bits per heavy atom. The number of likely N-dealkylation sites (tertiary alicyclic amines) is 1. The average molecular weight is 239 g/mol. The summed E-state index contributed by atoms with van der Waals surface area (Å²) >= 11 is 0. The Kier molecular flexibility index (Phi) is 3.81. The zero-order valence-electron chi connectivity index (χ0n) is 11.9. The molecule has 0 spiro atoms. The maximum absolute atomic E-state index is 6.31. The highest BCUT2D eigenvalue weighted by molar-refractivity contribution is 4.92. The van der Waals surface area contributed by atoms with Crippen molar-refractivity contribution in [3.63, 3.8) is 0 Å². The summed E-state index contributed by atoms with van der Waals surface area (Å²) in [5.74, 6) is 0. The molecule has 2 N–H and O–H groups in total. The minimum atomic E-state index is 0.219. The van der Waals surface area contributed by atoms with E-state index in [0.717, 1.165) is 18.6 Å². The molecule has 2 unspecified atom stereocenters. The molecule has 2 aliphatic heterocycles. The van der Waals surface area contributed by atoms with Gasteiger partial charge in [0.15, 0.2) is 0 Å². The number of nitrogens with two attached hydrogens (primary N) is 1. The van der Waals surface area contributed by atoms with E-state index in [4.69, 9.17) is 5.73 Å². The van der Waals surface area contributed by atoms with Crippen LogP contribution in [-0.4, -0.2) is 54.6 Å². The van der Waals surface area contributed by atoms with Crippen molar-refractivity contribution >= 4 is 0 Å². The van der Waals surface area contributed by atoms with Gasteiger partial charge in [-0.1, -0.05) is 20.8 Å². The fourth-order valence-corrected chi connectivity index (χ4v) is 3.10. The van der Waals surface area contributed by atoms with Crippen molar-refractivity contribution < 1.29 is 0 Å². The standard InChI is InChI=1S/C14H29N3/c1-14(2,3)13(15)10-17-8-7-11-5-6-12(9-17)16(11)4/h11-13H,5-10,15H2,1-4H3/t11?,12?,13-/m1/s1. The zero-order valence-corrected chi connectivity index (χ0v) is 11.9. The number of fused-ring (bicyclic) bond motifs is 2. The monoisotopic (exact) mass is 239 g/mol. The molecule has 3 atom stereocenters. The zero-order chi connectivity index (χ0) is 12.6. The minimum Gasteiger partial charge on any atom is -0.326 e. The Morgan fingerprint density at radius 1 is 1.18 bits per heavy atom. The van der Waals surface area contributed by atoms with E-state index in [1.165, 1.54) is 32.4 Å². The molecule has 0 radical (unpaired) electrons. The van der Waals surface area contributed by atoms with Gasteiger partial charge in [0.2, 0.25) is 0 Å². The number of rotatable bonds is 2. The van der Waals surface area contributed by atoms with Crippen molar-refractivity contribution in [3.8, 4) is 0 Å². The SMILES string of the molecule is CN1C2CCC1CN(C[C@@H](N)C(C)(C)C)CC2. The van der Waals surface area contributed by atoms with Crippen molar-refractivity contribution in [2.75, 3.05) is 26.7 Å². The van der Waals surface area contributed by atoms with E-state index in [1.54, 1.807) is 0 Å². The number of likely N-dealkylation sites (N-methyl/N-ethyl adjacent to an activating group) is 1. The first-order chi connectivity index (χ1) is 7.88. The maximum atomic E-state index is 6.31. The van der Waals surface area contributed by atoms with Gasteiger partial charge in [0.25, 0.3) is 0 Å². The molecular weight excluding hydrogens is 210 g/mol. The molecule has 0 amide bonds. The Hall–Kier alpha value is -0.120. The van der Waals surface area contributed by atoms with Crippen LogP contribution in [0.5, 0.6) is 0 Å². The van der Waals surface area contributed by atoms with Gasteiger partial charge in [-0.2, -0.15) is 0 Å². The average Bonchev–Trinajstić information content (AvgIpc) is 2.44. The van der Waals surface area contributed by atoms with Crippen molar-refractivity contribution in [1.82, 2.24) is 9.80 Å². The summed E-state index contributed by atoms with van der Waals surface area (Å²) in [7, 11) is 2.30. The first-order valence-corrected chi connectivity index (χ1v) is 7.08. The summed E-state index contributed by atoms with van der Waals surface area (Å²) in [6.07, 6.45) is 4.10. The van der Waals surface area contributed by atoms with Crippen molar-refractivity contribution in [1.29, 1.82) is 0 Å². The molecule has 0 aliphatic carbocycles. The molecule has 2 fully saturated rings. The van der Waals surface area contributed by atoms with Crippen LogP contribution in [0.4, 0.5) is 0 Å². The Balaban J connectivity index is 1.91. The quantitative estimate of drug-likeness (QED) is 0.793. The van der Waals surface area contributed by atoms with Gasteiger partial charge in [0, 0.05) is 31.2 Å². The van der Waals surface area contributed by atoms with Gasteiger partial charge < -0.3 is 10.6 Å². The van der Waals surface area contributed by atoms with E-state index in [9.17, 15) is 0 Å². The van der Waals surface area contributed by atoms with Gasteiger partial charge in [-0.3, -0.25) is 4.90 Å². The van der Waals surface area contributed by atoms with Crippen LogP contribution in [0.25, 0.3) is 0 Å². The second-order valence-electron chi connectivity index (χ2n) is 7.07. The van der Waals surface area contributed by atoms with E-state index in [0.29, 0.717) is 0 Å². The molecule has 17 heavy (non-hydrogen) atoms. The van der Waals surface area contributed by atoms with Crippen molar-refractivity contribution in [2.24, 2.45) is 11.1 Å². The highest BCUT2D eigenvalue weighted by Crippen LogP contribution is 2.29. The van der Waals surface area contributed by atoms with Crippen LogP contribution in [0.1, 0.15) is 40.0 Å². The summed E-state index contributed by atoms with van der Waals surface area (Å²) in [6, 6.07) is 1.88. The fraction of sp³-hybridized carbons (Fsp3) is 1.00. The first kappa shape index (κ1) is 13.3. The largest absolute Gasteiger partial charge is 0.326 e. The summed E-state index contributed by atoms with van der Waals surface area (Å²) in [5.41, 5.74) is 6.53. The second-order valence-corrected chi connectivity index (χ2v) is 7.07. The van der Waals surface area contributed by atoms with Crippen LogP contribution in [-0.2, 0) is 0 Å². The van der Waals surface area contributed by atoms with Crippen LogP contribution in [0.15, 0.2) is 0 Å². The van der Waals surface area contributed by atoms with E-state index < -0.39 is 0 Å². The third kappa shape index (κ3) is 3.01. The lowest BCUT2D eigenvalue weighted by atomic mass is 9.87. The Labute approximate surface area is 106 Å². The summed E-state index contributed by atoms with van der Waals surface area (Å²) in [5, 5.41) is 0. The van der Waals surface area contributed by atoms with Gasteiger partial charge in [0.05, 0.1) is 0 Å². The molecule has 2 saturated heterocycles. The predicted octanol–water partition coefficient (Wildman–Crippen LogP) is 1.53. The predicted molar refractivity (Wildman–Crippen MR) is 73.1 cm³/mol. The molecule has 2 bridgehead atoms. The lowest BCUT2D eigenvalue weighted by Gasteiger charge is -2.33. The lowest BCUT2D eigenvalue weighted by Crippen LogP contribution is -2.47. The molecule has 3 nitrogen and oxygen atoms in total. The normalized spacial score (nSPS) is 33.7. The van der Waals surface area contributed by atoms with Gasteiger partial charge in [-0.25, -0.2) is 0 Å². The molecule has 3 heteroatoms. The molecule has 2 rings (SSSR count). The number of hydrogen-bond donors (Lipinski definition) is 1. The third-order valence-electron chi connectivity index (χ3n) is 4.80. The topological polar surface area (TPSA) is 32.5 Å². The number of nitrogens with zero attached hydrogens (tertiary/aromatic N) is 2. The molecule has 100 valence electrons. The Bertz CT molecular complexity index is 259. The van der Waals surface area contributed by atoms with Crippen LogP contribution >= 0.6 is 0 Å². The van der Waals surface area contributed by atoms with Gasteiger partial charge in [-0.15, -0.1) is 0 Å². The molecule has 2 heterocycles. The summed E-state index contributed by atoms with van der Waals surface area (Å²) in [4.78, 5) is 5.19. The van der Waals surface area contributed by atoms with Crippen LogP contribution in [0, 0.1) is 5.41 Å². The van der Waals surface area contributed by atoms with E-state index in [2.05, 4.69) is 37.6 Å². The lowest BCUT2D eigenvalue weighted by molar-refractivity contribution is 0.179. The molecule has 2 aliphatic rings.